The van der Waals surface area contributed by atoms with Gasteiger partial charge in [0, 0.05) is 52.2 Å². The number of amides is 2. The van der Waals surface area contributed by atoms with Crippen LogP contribution in [0.4, 0.5) is 11.4 Å². The largest absolute Gasteiger partial charge is 0.395 e. The summed E-state index contributed by atoms with van der Waals surface area (Å²) >= 11 is 0. The third-order valence-corrected chi connectivity index (χ3v) is 9.08. The van der Waals surface area contributed by atoms with E-state index in [0.717, 1.165) is 41.8 Å². The van der Waals surface area contributed by atoms with Gasteiger partial charge in [-0.05, 0) is 41.8 Å². The van der Waals surface area contributed by atoms with Gasteiger partial charge in [0.2, 0.25) is 0 Å². The summed E-state index contributed by atoms with van der Waals surface area (Å²) < 4.78 is 0. The summed E-state index contributed by atoms with van der Waals surface area (Å²) in [5.74, 6) is -0.288. The molecule has 2 aliphatic heterocycles. The zero-order valence-electron chi connectivity index (χ0n) is 27.7. The minimum absolute atomic E-state index is 0.0593. The predicted molar refractivity (Wildman–Crippen MR) is 184 cm³/mol. The number of likely N-dealkylation sites (N-methyl/N-ethyl adjacent to an activating group) is 3. The Labute approximate surface area is 269 Å². The summed E-state index contributed by atoms with van der Waals surface area (Å²) in [4.78, 5) is 35.5. The van der Waals surface area contributed by atoms with Crippen LogP contribution in [0.15, 0.2) is 59.7 Å². The van der Waals surface area contributed by atoms with E-state index in [1.165, 1.54) is 44.9 Å². The van der Waals surface area contributed by atoms with Gasteiger partial charge < -0.3 is 29.8 Å². The van der Waals surface area contributed by atoms with Crippen molar-refractivity contribution < 1.29 is 19.8 Å². The van der Waals surface area contributed by atoms with E-state index >= 15 is 0 Å². The third kappa shape index (κ3) is 7.97. The summed E-state index contributed by atoms with van der Waals surface area (Å²) in [6.45, 7) is 3.97. The Bertz CT molecular complexity index is 1350. The molecule has 0 aliphatic carbocycles. The Kier molecular flexibility index (Phi) is 12.7. The standard InChI is InChI=1S/C37H52N4O4/c1-5-6-7-8-9-10-11-12-13-14-23-41-35(29-17-21-31(22-18-29)39(3)25-27-43)33-32(37(41)45)34(40(4)36(33)44)28-15-19-30(20-16-28)38(2)24-26-42/h15-22,42-43H,5-14,23-27H2,1-4H3. The number of hydrogen-bond donors (Lipinski definition) is 2. The van der Waals surface area contributed by atoms with Crippen molar-refractivity contribution in [1.29, 1.82) is 0 Å². The van der Waals surface area contributed by atoms with E-state index in [2.05, 4.69) is 6.92 Å². The summed E-state index contributed by atoms with van der Waals surface area (Å²) in [5.41, 5.74) is 5.84. The molecule has 0 saturated heterocycles. The van der Waals surface area contributed by atoms with Gasteiger partial charge in [-0.25, -0.2) is 0 Å². The summed E-state index contributed by atoms with van der Waals surface area (Å²) in [6.07, 6.45) is 12.1. The molecule has 0 unspecified atom stereocenters. The fourth-order valence-corrected chi connectivity index (χ4v) is 6.38. The van der Waals surface area contributed by atoms with Crippen molar-refractivity contribution in [2.24, 2.45) is 0 Å². The van der Waals surface area contributed by atoms with E-state index in [0.29, 0.717) is 42.2 Å². The first-order valence-corrected chi connectivity index (χ1v) is 16.8. The quantitative estimate of drug-likeness (QED) is 0.191. The molecule has 0 bridgehead atoms. The number of aliphatic hydroxyl groups excluding tert-OH is 2. The Balaban J connectivity index is 1.60. The Morgan fingerprint density at radius 2 is 1.02 bits per heavy atom. The van der Waals surface area contributed by atoms with E-state index < -0.39 is 0 Å². The number of rotatable bonds is 19. The molecule has 0 aromatic heterocycles. The second-order valence-corrected chi connectivity index (χ2v) is 12.3. The van der Waals surface area contributed by atoms with E-state index in [4.69, 9.17) is 0 Å². The van der Waals surface area contributed by atoms with Crippen molar-refractivity contribution in [3.8, 4) is 0 Å². The Morgan fingerprint density at radius 3 is 1.49 bits per heavy atom. The number of unbranched alkanes of at least 4 members (excludes halogenated alkanes) is 9. The number of benzene rings is 2. The predicted octanol–water partition coefficient (Wildman–Crippen LogP) is 5.90. The van der Waals surface area contributed by atoms with Gasteiger partial charge in [-0.15, -0.1) is 0 Å². The Hall–Kier alpha value is -3.62. The Morgan fingerprint density at radius 1 is 0.600 bits per heavy atom. The van der Waals surface area contributed by atoms with E-state index in [1.54, 1.807) is 11.9 Å². The summed E-state index contributed by atoms with van der Waals surface area (Å²) in [7, 11) is 5.59. The van der Waals surface area contributed by atoms with Gasteiger partial charge in [0.1, 0.15) is 0 Å². The van der Waals surface area contributed by atoms with Crippen LogP contribution in [0, 0.1) is 0 Å². The number of anilines is 2. The minimum atomic E-state index is -0.170. The number of carbonyl (C=O) groups is 2. The number of nitrogens with zero attached hydrogens (tertiary/aromatic N) is 4. The fourth-order valence-electron chi connectivity index (χ4n) is 6.38. The van der Waals surface area contributed by atoms with Crippen molar-refractivity contribution in [3.63, 3.8) is 0 Å². The van der Waals surface area contributed by atoms with Crippen LogP contribution in [0.25, 0.3) is 11.4 Å². The molecule has 45 heavy (non-hydrogen) atoms. The maximum absolute atomic E-state index is 14.2. The van der Waals surface area contributed by atoms with Crippen LogP contribution in [0.1, 0.15) is 82.3 Å². The molecule has 4 rings (SSSR count). The zero-order valence-corrected chi connectivity index (χ0v) is 27.7. The van der Waals surface area contributed by atoms with Crippen LogP contribution < -0.4 is 9.80 Å². The molecular weight excluding hydrogens is 564 g/mol. The van der Waals surface area contributed by atoms with Crippen molar-refractivity contribution >= 4 is 34.6 Å². The topological polar surface area (TPSA) is 87.6 Å². The molecule has 2 aromatic rings. The van der Waals surface area contributed by atoms with Crippen LogP contribution in [-0.2, 0) is 9.59 Å². The van der Waals surface area contributed by atoms with Crippen LogP contribution in [0.5, 0.6) is 0 Å². The molecule has 8 nitrogen and oxygen atoms in total. The number of carbonyl (C=O) groups excluding carboxylic acids is 2. The molecule has 2 heterocycles. The highest BCUT2D eigenvalue weighted by Crippen LogP contribution is 2.46. The lowest BCUT2D eigenvalue weighted by atomic mass is 10.0. The molecule has 2 N–H and O–H groups in total. The average Bonchev–Trinajstić information content (AvgIpc) is 3.47. The smallest absolute Gasteiger partial charge is 0.261 e. The third-order valence-electron chi connectivity index (χ3n) is 9.08. The van der Waals surface area contributed by atoms with Crippen molar-refractivity contribution in [2.75, 3.05) is 63.8 Å². The lowest BCUT2D eigenvalue weighted by Gasteiger charge is -2.24. The first-order valence-electron chi connectivity index (χ1n) is 16.8. The normalized spacial score (nSPS) is 14.7. The van der Waals surface area contributed by atoms with E-state index in [9.17, 15) is 19.8 Å². The lowest BCUT2D eigenvalue weighted by molar-refractivity contribution is -0.123. The van der Waals surface area contributed by atoms with Crippen LogP contribution >= 0.6 is 0 Å². The average molecular weight is 617 g/mol. The molecule has 0 radical (unpaired) electrons. The van der Waals surface area contributed by atoms with Crippen LogP contribution in [-0.4, -0.2) is 85.8 Å². The van der Waals surface area contributed by atoms with Gasteiger partial charge in [0.15, 0.2) is 0 Å². The lowest BCUT2D eigenvalue weighted by Crippen LogP contribution is -2.29. The van der Waals surface area contributed by atoms with E-state index in [1.807, 2.05) is 77.3 Å². The molecule has 0 saturated carbocycles. The molecule has 244 valence electrons. The summed E-state index contributed by atoms with van der Waals surface area (Å²) in [5, 5.41) is 18.7. The molecule has 0 spiro atoms. The van der Waals surface area contributed by atoms with Gasteiger partial charge in [0.25, 0.3) is 11.8 Å². The van der Waals surface area contributed by atoms with Crippen molar-refractivity contribution in [1.82, 2.24) is 9.80 Å². The minimum Gasteiger partial charge on any atom is -0.395 e. The van der Waals surface area contributed by atoms with Crippen molar-refractivity contribution in [3.05, 3.63) is 70.8 Å². The zero-order chi connectivity index (χ0) is 32.3. The molecule has 2 aliphatic rings. The van der Waals surface area contributed by atoms with Crippen LogP contribution in [0.3, 0.4) is 0 Å². The highest BCUT2D eigenvalue weighted by atomic mass is 16.3. The highest BCUT2D eigenvalue weighted by molar-refractivity contribution is 6.30. The first-order chi connectivity index (χ1) is 21.8. The van der Waals surface area contributed by atoms with Gasteiger partial charge in [-0.2, -0.15) is 0 Å². The van der Waals surface area contributed by atoms with Gasteiger partial charge >= 0.3 is 0 Å². The number of hydrogen-bond acceptors (Lipinski definition) is 6. The molecule has 0 fully saturated rings. The maximum atomic E-state index is 14.2. The SMILES string of the molecule is CCCCCCCCCCCCN1C(=O)C2=C(c3ccc(N(C)CCO)cc3)N(C)C(=O)C2=C1c1ccc(N(C)CCO)cc1. The maximum Gasteiger partial charge on any atom is 0.261 e. The fraction of sp³-hybridized carbons (Fsp3) is 0.514. The molecule has 8 heteroatoms. The first kappa shape index (κ1) is 34.3. The molecule has 2 amide bonds. The van der Waals surface area contributed by atoms with Crippen molar-refractivity contribution in [2.45, 2.75) is 71.1 Å². The number of aliphatic hydroxyl groups is 2. The second kappa shape index (κ2) is 16.6. The molecule has 2 aromatic carbocycles. The highest BCUT2D eigenvalue weighted by Gasteiger charge is 2.47. The van der Waals surface area contributed by atoms with E-state index in [-0.39, 0.29) is 25.0 Å². The number of fused-ring (bicyclic) bond motifs is 1. The molecule has 0 atom stereocenters. The van der Waals surface area contributed by atoms with Crippen LogP contribution in [0.2, 0.25) is 0 Å². The van der Waals surface area contributed by atoms with Gasteiger partial charge in [-0.3, -0.25) is 9.59 Å². The monoisotopic (exact) mass is 616 g/mol. The van der Waals surface area contributed by atoms with Gasteiger partial charge in [0.05, 0.1) is 35.8 Å². The second-order valence-electron chi connectivity index (χ2n) is 12.3. The molecular formula is C37H52N4O4. The van der Waals surface area contributed by atoms with Gasteiger partial charge in [-0.1, -0.05) is 89.0 Å². The summed E-state index contributed by atoms with van der Waals surface area (Å²) in [6, 6.07) is 15.7.